The van der Waals surface area contributed by atoms with Gasteiger partial charge in [0.15, 0.2) is 0 Å². The van der Waals surface area contributed by atoms with Crippen LogP contribution in [0.3, 0.4) is 0 Å². The molecule has 3 aromatic rings. The fourth-order valence-corrected chi connectivity index (χ4v) is 4.02. The van der Waals surface area contributed by atoms with Crippen molar-refractivity contribution in [3.63, 3.8) is 0 Å². The Balaban J connectivity index is 2.10. The van der Waals surface area contributed by atoms with Gasteiger partial charge >= 0.3 is 0 Å². The highest BCUT2D eigenvalue weighted by Gasteiger charge is 2.16. The van der Waals surface area contributed by atoms with E-state index in [2.05, 4.69) is 48.0 Å². The van der Waals surface area contributed by atoms with Crippen molar-refractivity contribution >= 4 is 44.3 Å². The van der Waals surface area contributed by atoms with Crippen LogP contribution in [0.1, 0.15) is 22.9 Å². The van der Waals surface area contributed by atoms with Crippen LogP contribution in [0.5, 0.6) is 0 Å². The van der Waals surface area contributed by atoms with Crippen molar-refractivity contribution < 1.29 is 0 Å². The number of thiophene rings is 1. The highest BCUT2D eigenvalue weighted by Crippen LogP contribution is 2.36. The summed E-state index contributed by atoms with van der Waals surface area (Å²) in [5.74, 6) is 0. The average Bonchev–Trinajstić information content (AvgIpc) is 2.86. The zero-order chi connectivity index (χ0) is 15.7. The van der Waals surface area contributed by atoms with Gasteiger partial charge in [-0.2, -0.15) is 0 Å². The van der Waals surface area contributed by atoms with Crippen LogP contribution in [0.25, 0.3) is 15.7 Å². The molecule has 3 heteroatoms. The molecule has 0 radical (unpaired) electrons. The van der Waals surface area contributed by atoms with E-state index >= 15 is 0 Å². The highest BCUT2D eigenvalue weighted by atomic mass is 35.5. The standard InChI is InChI=1S/C19H16ClNS/c1-12(2)13-8-10-14(11-9-13)18(21-3)19-17(20)15-6-4-5-7-16(15)22-19/h4-11H,1H2,2-3H3. The number of nitrogens with zero attached hydrogens (tertiary/aromatic N) is 1. The van der Waals surface area contributed by atoms with Gasteiger partial charge in [-0.1, -0.05) is 66.2 Å². The van der Waals surface area contributed by atoms with E-state index in [1.54, 1.807) is 11.3 Å². The third-order valence-electron chi connectivity index (χ3n) is 3.62. The number of rotatable bonds is 3. The molecule has 0 spiro atoms. The molecule has 0 unspecified atom stereocenters. The molecule has 0 fully saturated rings. The van der Waals surface area contributed by atoms with Gasteiger partial charge < -0.3 is 0 Å². The van der Waals surface area contributed by atoms with Crippen LogP contribution >= 0.6 is 22.9 Å². The molecule has 110 valence electrons. The fourth-order valence-electron chi connectivity index (χ4n) is 2.44. The zero-order valence-electron chi connectivity index (χ0n) is 12.6. The van der Waals surface area contributed by atoms with Crippen molar-refractivity contribution in [2.24, 2.45) is 4.99 Å². The maximum absolute atomic E-state index is 6.58. The average molecular weight is 326 g/mol. The number of hydrogen-bond acceptors (Lipinski definition) is 2. The molecule has 1 nitrogen and oxygen atoms in total. The Labute approximate surface area is 139 Å². The van der Waals surface area contributed by atoms with Crippen molar-refractivity contribution in [1.29, 1.82) is 0 Å². The fraction of sp³-hybridized carbons (Fsp3) is 0.105. The minimum atomic E-state index is 0.783. The maximum Gasteiger partial charge on any atom is 0.0830 e. The number of allylic oxidation sites excluding steroid dienone is 1. The number of hydrogen-bond donors (Lipinski definition) is 0. The Morgan fingerprint density at radius 3 is 2.27 bits per heavy atom. The molecule has 0 saturated carbocycles. The molecule has 0 aliphatic heterocycles. The summed E-state index contributed by atoms with van der Waals surface area (Å²) in [7, 11) is 1.81. The summed E-state index contributed by atoms with van der Waals surface area (Å²) in [5.41, 5.74) is 4.20. The molecule has 1 heterocycles. The summed E-state index contributed by atoms with van der Waals surface area (Å²) in [4.78, 5) is 5.50. The number of aliphatic imine (C=N–C) groups is 1. The van der Waals surface area contributed by atoms with E-state index < -0.39 is 0 Å². The highest BCUT2D eigenvalue weighted by molar-refractivity contribution is 7.21. The summed E-state index contributed by atoms with van der Waals surface area (Å²) in [6, 6.07) is 16.5. The van der Waals surface area contributed by atoms with E-state index in [0.29, 0.717) is 0 Å². The van der Waals surface area contributed by atoms with Crippen molar-refractivity contribution in [2.45, 2.75) is 6.92 Å². The Kier molecular flexibility index (Phi) is 4.14. The molecule has 0 aliphatic rings. The van der Waals surface area contributed by atoms with Crippen molar-refractivity contribution in [1.82, 2.24) is 0 Å². The van der Waals surface area contributed by atoms with Gasteiger partial charge in [0, 0.05) is 22.7 Å². The maximum atomic E-state index is 6.58. The molecule has 2 aromatic carbocycles. The van der Waals surface area contributed by atoms with Crippen molar-refractivity contribution in [3.05, 3.63) is 76.1 Å². The normalized spacial score (nSPS) is 11.9. The van der Waals surface area contributed by atoms with Crippen LogP contribution in [-0.4, -0.2) is 12.8 Å². The van der Waals surface area contributed by atoms with E-state index in [0.717, 1.165) is 37.7 Å². The monoisotopic (exact) mass is 325 g/mol. The lowest BCUT2D eigenvalue weighted by Gasteiger charge is -2.06. The predicted octanol–water partition coefficient (Wildman–Crippen LogP) is 6.06. The first-order valence-electron chi connectivity index (χ1n) is 7.02. The van der Waals surface area contributed by atoms with Crippen LogP contribution in [0, 0.1) is 0 Å². The smallest absolute Gasteiger partial charge is 0.0830 e. The van der Waals surface area contributed by atoms with Crippen LogP contribution in [0.4, 0.5) is 0 Å². The van der Waals surface area contributed by atoms with E-state index in [9.17, 15) is 0 Å². The second-order valence-electron chi connectivity index (χ2n) is 5.17. The van der Waals surface area contributed by atoms with Gasteiger partial charge in [-0.3, -0.25) is 4.99 Å². The molecule has 0 atom stereocenters. The molecule has 22 heavy (non-hydrogen) atoms. The summed E-state index contributed by atoms with van der Waals surface area (Å²) in [6.07, 6.45) is 0. The van der Waals surface area contributed by atoms with Gasteiger partial charge in [0.25, 0.3) is 0 Å². The number of fused-ring (bicyclic) bond motifs is 1. The largest absolute Gasteiger partial charge is 0.287 e. The lowest BCUT2D eigenvalue weighted by atomic mass is 10.0. The van der Waals surface area contributed by atoms with Gasteiger partial charge in [-0.25, -0.2) is 0 Å². The summed E-state index contributed by atoms with van der Waals surface area (Å²) in [5, 5.41) is 1.87. The van der Waals surface area contributed by atoms with E-state index in [-0.39, 0.29) is 0 Å². The Hall–Kier alpha value is -1.90. The summed E-state index contributed by atoms with van der Waals surface area (Å²) >= 11 is 8.26. The molecule has 0 saturated heterocycles. The zero-order valence-corrected chi connectivity index (χ0v) is 14.1. The molecular weight excluding hydrogens is 310 g/mol. The van der Waals surface area contributed by atoms with Crippen molar-refractivity contribution in [2.75, 3.05) is 7.05 Å². The SMILES string of the molecule is C=C(C)c1ccc(C(=NC)c2sc3ccccc3c2Cl)cc1. The topological polar surface area (TPSA) is 12.4 Å². The molecule has 0 N–H and O–H groups in total. The Morgan fingerprint density at radius 2 is 1.68 bits per heavy atom. The predicted molar refractivity (Wildman–Crippen MR) is 99.5 cm³/mol. The minimum absolute atomic E-state index is 0.783. The summed E-state index contributed by atoms with van der Waals surface area (Å²) < 4.78 is 1.18. The quantitative estimate of drug-likeness (QED) is 0.519. The van der Waals surface area contributed by atoms with Crippen LogP contribution in [0.2, 0.25) is 5.02 Å². The first-order chi connectivity index (χ1) is 10.6. The lowest BCUT2D eigenvalue weighted by molar-refractivity contribution is 1.42. The molecule has 0 aliphatic carbocycles. The third kappa shape index (κ3) is 2.60. The second kappa shape index (κ2) is 6.07. The van der Waals surface area contributed by atoms with E-state index in [4.69, 9.17) is 11.6 Å². The van der Waals surface area contributed by atoms with Crippen LogP contribution in [0.15, 0.2) is 60.1 Å². The number of benzene rings is 2. The van der Waals surface area contributed by atoms with E-state index in [1.807, 2.05) is 26.1 Å². The summed E-state index contributed by atoms with van der Waals surface area (Å²) in [6.45, 7) is 5.98. The van der Waals surface area contributed by atoms with Gasteiger partial charge in [-0.05, 0) is 18.6 Å². The molecular formula is C19H16ClNS. The first kappa shape index (κ1) is 15.0. The Bertz CT molecular complexity index is 872. The molecule has 3 rings (SSSR count). The number of halogens is 1. The third-order valence-corrected chi connectivity index (χ3v) is 5.31. The van der Waals surface area contributed by atoms with Gasteiger partial charge in [0.05, 0.1) is 15.6 Å². The molecule has 0 amide bonds. The van der Waals surface area contributed by atoms with Gasteiger partial charge in [0.1, 0.15) is 0 Å². The van der Waals surface area contributed by atoms with Crippen LogP contribution < -0.4 is 0 Å². The molecule has 0 bridgehead atoms. The van der Waals surface area contributed by atoms with Gasteiger partial charge in [0.2, 0.25) is 0 Å². The Morgan fingerprint density at radius 1 is 1.05 bits per heavy atom. The van der Waals surface area contributed by atoms with Crippen LogP contribution in [-0.2, 0) is 0 Å². The van der Waals surface area contributed by atoms with Gasteiger partial charge in [-0.15, -0.1) is 11.3 Å². The molecule has 1 aromatic heterocycles. The van der Waals surface area contributed by atoms with Crippen molar-refractivity contribution in [3.8, 4) is 0 Å². The first-order valence-corrected chi connectivity index (χ1v) is 8.21. The second-order valence-corrected chi connectivity index (χ2v) is 6.60. The minimum Gasteiger partial charge on any atom is -0.287 e. The lowest BCUT2D eigenvalue weighted by Crippen LogP contribution is -2.01. The van der Waals surface area contributed by atoms with E-state index in [1.165, 1.54) is 4.70 Å².